The Bertz CT molecular complexity index is 1420. The van der Waals surface area contributed by atoms with Crippen LogP contribution >= 0.6 is 0 Å². The predicted molar refractivity (Wildman–Crippen MR) is 125 cm³/mol. The third-order valence-electron chi connectivity index (χ3n) is 5.78. The fourth-order valence-corrected chi connectivity index (χ4v) is 4.12. The number of rotatable bonds is 6. The van der Waals surface area contributed by atoms with Gasteiger partial charge in [0.1, 0.15) is 17.0 Å². The van der Waals surface area contributed by atoms with E-state index in [1.165, 1.54) is 0 Å². The van der Waals surface area contributed by atoms with Gasteiger partial charge in [0, 0.05) is 33.5 Å². The maximum atomic E-state index is 13.1. The molecule has 0 fully saturated rings. The van der Waals surface area contributed by atoms with E-state index >= 15 is 0 Å². The molecule has 2 heterocycles. The molecule has 0 spiro atoms. The quantitative estimate of drug-likeness (QED) is 0.286. The zero-order chi connectivity index (χ0) is 22.1. The Morgan fingerprint density at radius 1 is 0.818 bits per heavy atom. The molecule has 3 aromatic carbocycles. The standard InChI is InChI=1S/C27H22N2O3.BrH/c1-31-20-11-7-18(8-12-20)25(30)17-29-16-15-23-22-5-3-4-6-24(22)28-26(23)27(29)19-9-13-21(32-2)14-10-19;/h3-16H,17H2,1-2H3;1H. The fourth-order valence-electron chi connectivity index (χ4n) is 4.12. The van der Waals surface area contributed by atoms with E-state index in [-0.39, 0.29) is 29.3 Å². The van der Waals surface area contributed by atoms with E-state index in [0.29, 0.717) is 5.56 Å². The number of ether oxygens (including phenoxy) is 2. The zero-order valence-electron chi connectivity index (χ0n) is 18.3. The number of H-pyrrole nitrogens is 1. The van der Waals surface area contributed by atoms with Crippen molar-refractivity contribution in [1.82, 2.24) is 4.98 Å². The van der Waals surface area contributed by atoms with E-state index in [0.717, 1.165) is 44.6 Å². The first-order valence-corrected chi connectivity index (χ1v) is 10.4. The summed E-state index contributed by atoms with van der Waals surface area (Å²) in [6.45, 7) is 0.221. The van der Waals surface area contributed by atoms with Crippen LogP contribution in [-0.4, -0.2) is 25.0 Å². The molecule has 0 saturated heterocycles. The van der Waals surface area contributed by atoms with Gasteiger partial charge in [0.15, 0.2) is 6.20 Å². The number of benzene rings is 3. The first-order valence-electron chi connectivity index (χ1n) is 10.4. The van der Waals surface area contributed by atoms with Crippen molar-refractivity contribution in [2.45, 2.75) is 6.54 Å². The van der Waals surface area contributed by atoms with E-state index in [9.17, 15) is 4.79 Å². The number of nitrogens with one attached hydrogen (secondary N) is 1. The molecule has 0 aliphatic rings. The molecule has 2 aromatic heterocycles. The molecular formula is C27H23BrN2O3. The Balaban J connectivity index is 0.00000259. The van der Waals surface area contributed by atoms with Gasteiger partial charge in [-0.15, -0.1) is 0 Å². The van der Waals surface area contributed by atoms with Gasteiger partial charge in [-0.25, -0.2) is 0 Å². The third kappa shape index (κ3) is 4.22. The lowest BCUT2D eigenvalue weighted by molar-refractivity contribution is -0.671. The number of para-hydroxylation sites is 1. The first kappa shape index (κ1) is 22.6. The Labute approximate surface area is 202 Å². The highest BCUT2D eigenvalue weighted by molar-refractivity contribution is 6.10. The average Bonchev–Trinajstić information content (AvgIpc) is 3.22. The number of aromatic amines is 1. The lowest BCUT2D eigenvalue weighted by Crippen LogP contribution is -3.00. The second-order valence-electron chi connectivity index (χ2n) is 7.63. The number of hydrogen-bond donors (Lipinski definition) is 1. The molecule has 0 atom stereocenters. The van der Waals surface area contributed by atoms with Crippen molar-refractivity contribution in [3.63, 3.8) is 0 Å². The van der Waals surface area contributed by atoms with Crippen LogP contribution in [0.25, 0.3) is 33.1 Å². The van der Waals surface area contributed by atoms with Crippen molar-refractivity contribution in [2.24, 2.45) is 0 Å². The van der Waals surface area contributed by atoms with Gasteiger partial charge in [0.25, 0.3) is 0 Å². The van der Waals surface area contributed by atoms with Gasteiger partial charge in [-0.1, -0.05) is 18.2 Å². The van der Waals surface area contributed by atoms with E-state index in [4.69, 9.17) is 9.47 Å². The highest BCUT2D eigenvalue weighted by Crippen LogP contribution is 2.31. The van der Waals surface area contributed by atoms with Crippen LogP contribution in [-0.2, 0) is 6.54 Å². The Hall–Kier alpha value is -3.64. The largest absolute Gasteiger partial charge is 1.00 e. The summed E-state index contributed by atoms with van der Waals surface area (Å²) in [4.78, 5) is 16.7. The van der Waals surface area contributed by atoms with E-state index in [1.54, 1.807) is 26.4 Å². The number of carbonyl (C=O) groups is 1. The van der Waals surface area contributed by atoms with Crippen LogP contribution in [0.15, 0.2) is 85.1 Å². The average molecular weight is 503 g/mol. The van der Waals surface area contributed by atoms with Crippen LogP contribution in [0.3, 0.4) is 0 Å². The van der Waals surface area contributed by atoms with Crippen molar-refractivity contribution < 1.29 is 35.8 Å². The number of hydrogen-bond acceptors (Lipinski definition) is 3. The van der Waals surface area contributed by atoms with E-state index in [2.05, 4.69) is 23.2 Å². The summed E-state index contributed by atoms with van der Waals surface area (Å²) < 4.78 is 12.5. The van der Waals surface area contributed by atoms with Crippen molar-refractivity contribution >= 4 is 27.6 Å². The van der Waals surface area contributed by atoms with Crippen LogP contribution in [0.2, 0.25) is 0 Å². The van der Waals surface area contributed by atoms with Gasteiger partial charge in [-0.3, -0.25) is 4.79 Å². The maximum absolute atomic E-state index is 13.1. The maximum Gasteiger partial charge on any atom is 0.237 e. The minimum absolute atomic E-state index is 0. The van der Waals surface area contributed by atoms with Crippen LogP contribution in [0.1, 0.15) is 10.4 Å². The number of methoxy groups -OCH3 is 2. The Kier molecular flexibility index (Phi) is 6.47. The van der Waals surface area contributed by atoms with Gasteiger partial charge in [0.05, 0.1) is 14.2 Å². The zero-order valence-corrected chi connectivity index (χ0v) is 19.9. The smallest absolute Gasteiger partial charge is 0.237 e. The van der Waals surface area contributed by atoms with E-state index in [1.807, 2.05) is 59.3 Å². The number of fused-ring (bicyclic) bond motifs is 3. The van der Waals surface area contributed by atoms with Crippen LogP contribution in [0.5, 0.6) is 11.5 Å². The molecule has 0 unspecified atom stereocenters. The lowest BCUT2D eigenvalue weighted by atomic mass is 10.1. The molecule has 6 heteroatoms. The summed E-state index contributed by atoms with van der Waals surface area (Å²) in [5, 5.41) is 2.28. The number of aromatic nitrogens is 2. The molecule has 0 radical (unpaired) electrons. The molecule has 0 aliphatic carbocycles. The fraction of sp³-hybridized carbons (Fsp3) is 0.111. The molecular weight excluding hydrogens is 480 g/mol. The number of Topliss-reactive ketones (excluding diaryl/α,β-unsaturated/α-hetero) is 1. The number of pyridine rings is 1. The highest BCUT2D eigenvalue weighted by atomic mass is 79.9. The molecule has 166 valence electrons. The molecule has 33 heavy (non-hydrogen) atoms. The number of carbonyl (C=O) groups excluding carboxylic acids is 1. The highest BCUT2D eigenvalue weighted by Gasteiger charge is 2.23. The second-order valence-corrected chi connectivity index (χ2v) is 7.63. The molecule has 0 bridgehead atoms. The van der Waals surface area contributed by atoms with Gasteiger partial charge in [-0.05, 0) is 54.6 Å². The third-order valence-corrected chi connectivity index (χ3v) is 5.78. The molecule has 0 aliphatic heterocycles. The number of ketones is 1. The monoisotopic (exact) mass is 502 g/mol. The van der Waals surface area contributed by atoms with Crippen molar-refractivity contribution in [1.29, 1.82) is 0 Å². The summed E-state index contributed by atoms with van der Waals surface area (Å²) in [5.74, 6) is 1.55. The van der Waals surface area contributed by atoms with Crippen molar-refractivity contribution in [2.75, 3.05) is 14.2 Å². The minimum atomic E-state index is 0. The molecule has 0 saturated carbocycles. The molecule has 1 N–H and O–H groups in total. The van der Waals surface area contributed by atoms with Gasteiger partial charge >= 0.3 is 0 Å². The summed E-state index contributed by atoms with van der Waals surface area (Å²) in [7, 11) is 3.27. The van der Waals surface area contributed by atoms with Crippen LogP contribution < -0.4 is 31.0 Å². The Morgan fingerprint density at radius 3 is 2.12 bits per heavy atom. The molecule has 5 rings (SSSR count). The van der Waals surface area contributed by atoms with Crippen LogP contribution in [0, 0.1) is 0 Å². The van der Waals surface area contributed by atoms with Crippen LogP contribution in [0.4, 0.5) is 0 Å². The normalized spacial score (nSPS) is 10.7. The molecule has 5 nitrogen and oxygen atoms in total. The lowest BCUT2D eigenvalue weighted by Gasteiger charge is -2.07. The summed E-state index contributed by atoms with van der Waals surface area (Å²) in [5.41, 5.74) is 4.68. The second kappa shape index (κ2) is 9.46. The molecule has 5 aromatic rings. The van der Waals surface area contributed by atoms with Crippen molar-refractivity contribution in [3.05, 3.63) is 90.6 Å². The SMILES string of the molecule is COc1ccc(C(=O)C[n+]2ccc3c([nH]c4ccccc43)c2-c2ccc(OC)cc2)cc1.[Br-]. The molecule has 0 amide bonds. The van der Waals surface area contributed by atoms with Crippen molar-refractivity contribution in [3.8, 4) is 22.8 Å². The number of halogens is 1. The van der Waals surface area contributed by atoms with E-state index < -0.39 is 0 Å². The summed E-state index contributed by atoms with van der Waals surface area (Å²) in [6.07, 6.45) is 1.99. The topological polar surface area (TPSA) is 55.2 Å². The minimum Gasteiger partial charge on any atom is -1.00 e. The van der Waals surface area contributed by atoms with Gasteiger partial charge < -0.3 is 31.4 Å². The van der Waals surface area contributed by atoms with Gasteiger partial charge in [-0.2, -0.15) is 4.57 Å². The first-order chi connectivity index (χ1) is 15.7. The number of nitrogens with zero attached hydrogens (tertiary/aromatic N) is 1. The Morgan fingerprint density at radius 2 is 1.45 bits per heavy atom. The predicted octanol–water partition coefficient (Wildman–Crippen LogP) is 2.18. The summed E-state index contributed by atoms with van der Waals surface area (Å²) in [6, 6.07) is 25.4. The van der Waals surface area contributed by atoms with Gasteiger partial charge in [0.2, 0.25) is 18.0 Å². The summed E-state index contributed by atoms with van der Waals surface area (Å²) >= 11 is 0.